The van der Waals surface area contributed by atoms with E-state index in [0.29, 0.717) is 27.2 Å². The normalized spacial score (nSPS) is 11.4. The number of hydrogen-bond acceptors (Lipinski definition) is 4. The maximum Gasteiger partial charge on any atom is 0.188 e. The van der Waals surface area contributed by atoms with Crippen molar-refractivity contribution in [2.75, 3.05) is 0 Å². The quantitative estimate of drug-likeness (QED) is 0.394. The first-order chi connectivity index (χ1) is 9.11. The molecule has 0 fully saturated rings. The van der Waals surface area contributed by atoms with Gasteiger partial charge in [-0.3, -0.25) is 0 Å². The van der Waals surface area contributed by atoms with Crippen molar-refractivity contribution in [1.82, 2.24) is 4.98 Å². The molecule has 0 saturated carbocycles. The van der Waals surface area contributed by atoms with Crippen molar-refractivity contribution >= 4 is 29.0 Å². The monoisotopic (exact) mass is 297 g/mol. The fraction of sp³-hybridized carbons (Fsp3) is 0. The van der Waals surface area contributed by atoms with E-state index < -0.39 is 0 Å². The number of hydrogen-bond donors (Lipinski definition) is 2. The van der Waals surface area contributed by atoms with E-state index >= 15 is 0 Å². The minimum absolute atomic E-state index is 0.0765. The summed E-state index contributed by atoms with van der Waals surface area (Å²) in [5, 5.41) is 12.1. The summed E-state index contributed by atoms with van der Waals surface area (Å²) in [6.45, 7) is 0. The van der Waals surface area contributed by atoms with E-state index in [-0.39, 0.29) is 5.84 Å². The average Bonchev–Trinajstić information content (AvgIpc) is 2.44. The second-order valence-corrected chi connectivity index (χ2v) is 4.30. The van der Waals surface area contributed by atoms with Crippen molar-refractivity contribution < 1.29 is 9.94 Å². The van der Waals surface area contributed by atoms with E-state index in [1.165, 1.54) is 6.20 Å². The summed E-state index contributed by atoms with van der Waals surface area (Å²) in [6, 6.07) is 8.25. The predicted octanol–water partition coefficient (Wildman–Crippen LogP) is 3.28. The van der Waals surface area contributed by atoms with Gasteiger partial charge in [-0.15, -0.1) is 0 Å². The Balaban J connectivity index is 2.22. The molecule has 0 aliphatic carbocycles. The lowest BCUT2D eigenvalue weighted by molar-refractivity contribution is 0.318. The Labute approximate surface area is 119 Å². The molecular formula is C12H9Cl2N3O2. The SMILES string of the molecule is N/C(=N/O)c1ccc(Oc2cccc(Cl)c2Cl)cn1. The van der Waals surface area contributed by atoms with Crippen LogP contribution in [0.25, 0.3) is 0 Å². The van der Waals surface area contributed by atoms with Gasteiger partial charge in [0.1, 0.15) is 22.2 Å². The average molecular weight is 298 g/mol. The summed E-state index contributed by atoms with van der Waals surface area (Å²) in [5.74, 6) is 0.804. The predicted molar refractivity (Wildman–Crippen MR) is 73.3 cm³/mol. The molecule has 5 nitrogen and oxygen atoms in total. The highest BCUT2D eigenvalue weighted by molar-refractivity contribution is 6.42. The van der Waals surface area contributed by atoms with Crippen molar-refractivity contribution in [1.29, 1.82) is 0 Å². The summed E-state index contributed by atoms with van der Waals surface area (Å²) in [4.78, 5) is 3.98. The van der Waals surface area contributed by atoms with E-state index in [0.717, 1.165) is 0 Å². The van der Waals surface area contributed by atoms with Gasteiger partial charge in [-0.2, -0.15) is 0 Å². The second-order valence-electron chi connectivity index (χ2n) is 3.52. The van der Waals surface area contributed by atoms with Crippen LogP contribution in [0.4, 0.5) is 0 Å². The molecule has 0 bridgehead atoms. The van der Waals surface area contributed by atoms with E-state index in [4.69, 9.17) is 38.9 Å². The summed E-state index contributed by atoms with van der Waals surface area (Å²) in [7, 11) is 0. The molecule has 0 spiro atoms. The number of amidine groups is 1. The molecule has 7 heteroatoms. The van der Waals surface area contributed by atoms with Crippen LogP contribution in [0.1, 0.15) is 5.69 Å². The molecule has 2 aromatic rings. The molecule has 98 valence electrons. The lowest BCUT2D eigenvalue weighted by Gasteiger charge is -2.08. The van der Waals surface area contributed by atoms with Gasteiger partial charge in [-0.25, -0.2) is 4.98 Å². The van der Waals surface area contributed by atoms with Crippen molar-refractivity contribution in [3.63, 3.8) is 0 Å². The van der Waals surface area contributed by atoms with Gasteiger partial charge in [0, 0.05) is 0 Å². The molecule has 1 aromatic heterocycles. The number of ether oxygens (including phenoxy) is 1. The molecular weight excluding hydrogens is 289 g/mol. The van der Waals surface area contributed by atoms with Crippen LogP contribution in [0, 0.1) is 0 Å². The molecule has 2 rings (SSSR count). The first kappa shape index (κ1) is 13.5. The maximum atomic E-state index is 8.52. The third-order valence-corrected chi connectivity index (χ3v) is 3.05. The molecule has 0 aliphatic rings. The number of nitrogens with two attached hydrogens (primary N) is 1. The third-order valence-electron chi connectivity index (χ3n) is 2.25. The minimum atomic E-state index is -0.0765. The zero-order valence-electron chi connectivity index (χ0n) is 9.55. The number of oxime groups is 1. The maximum absolute atomic E-state index is 8.52. The highest BCUT2D eigenvalue weighted by Crippen LogP contribution is 2.34. The number of rotatable bonds is 3. The standard InChI is InChI=1S/C12H9Cl2N3O2/c13-8-2-1-3-10(11(8)14)19-7-4-5-9(16-6-7)12(15)17-18/h1-6,18H,(H2,15,17). The van der Waals surface area contributed by atoms with Gasteiger partial charge in [-0.1, -0.05) is 34.4 Å². The summed E-state index contributed by atoms with van der Waals surface area (Å²) < 4.78 is 5.54. The van der Waals surface area contributed by atoms with Gasteiger partial charge < -0.3 is 15.7 Å². The van der Waals surface area contributed by atoms with E-state index in [2.05, 4.69) is 10.1 Å². The molecule has 0 radical (unpaired) electrons. The van der Waals surface area contributed by atoms with E-state index in [1.54, 1.807) is 30.3 Å². The second kappa shape index (κ2) is 5.77. The highest BCUT2D eigenvalue weighted by atomic mass is 35.5. The lowest BCUT2D eigenvalue weighted by Crippen LogP contribution is -2.14. The van der Waals surface area contributed by atoms with E-state index in [1.807, 2.05) is 0 Å². The molecule has 0 unspecified atom stereocenters. The van der Waals surface area contributed by atoms with Gasteiger partial charge in [0.15, 0.2) is 5.84 Å². The van der Waals surface area contributed by atoms with Gasteiger partial charge >= 0.3 is 0 Å². The van der Waals surface area contributed by atoms with Crippen LogP contribution in [0.2, 0.25) is 10.0 Å². The Morgan fingerprint density at radius 3 is 2.68 bits per heavy atom. The minimum Gasteiger partial charge on any atom is -0.454 e. The van der Waals surface area contributed by atoms with Crippen molar-refractivity contribution in [3.05, 3.63) is 52.3 Å². The number of nitrogens with zero attached hydrogens (tertiary/aromatic N) is 2. The fourth-order valence-corrected chi connectivity index (χ4v) is 1.66. The van der Waals surface area contributed by atoms with Gasteiger partial charge in [0.05, 0.1) is 11.2 Å². The Bertz CT molecular complexity index is 615. The molecule has 0 atom stereocenters. The Kier molecular flexibility index (Phi) is 4.09. The fourth-order valence-electron chi connectivity index (χ4n) is 1.33. The molecule has 0 aliphatic heterocycles. The molecule has 0 saturated heterocycles. The Hall–Kier alpha value is -1.98. The topological polar surface area (TPSA) is 80.7 Å². The number of halogens is 2. The molecule has 19 heavy (non-hydrogen) atoms. The van der Waals surface area contributed by atoms with Crippen LogP contribution in [0.15, 0.2) is 41.7 Å². The number of aromatic nitrogens is 1. The molecule has 3 N–H and O–H groups in total. The van der Waals surface area contributed by atoms with Crippen LogP contribution in [0.5, 0.6) is 11.5 Å². The Morgan fingerprint density at radius 2 is 2.05 bits per heavy atom. The summed E-state index contributed by atoms with van der Waals surface area (Å²) in [6.07, 6.45) is 1.44. The first-order valence-corrected chi connectivity index (χ1v) is 5.93. The zero-order chi connectivity index (χ0) is 13.8. The first-order valence-electron chi connectivity index (χ1n) is 5.17. The summed E-state index contributed by atoms with van der Waals surface area (Å²) >= 11 is 11.9. The lowest BCUT2D eigenvalue weighted by atomic mass is 10.3. The molecule has 1 heterocycles. The van der Waals surface area contributed by atoms with Crippen LogP contribution >= 0.6 is 23.2 Å². The number of pyridine rings is 1. The van der Waals surface area contributed by atoms with Crippen molar-refractivity contribution in [2.24, 2.45) is 10.9 Å². The third kappa shape index (κ3) is 3.07. The molecule has 1 aromatic carbocycles. The van der Waals surface area contributed by atoms with Gasteiger partial charge in [-0.05, 0) is 24.3 Å². The van der Waals surface area contributed by atoms with Crippen LogP contribution in [0.3, 0.4) is 0 Å². The zero-order valence-corrected chi connectivity index (χ0v) is 11.1. The van der Waals surface area contributed by atoms with Gasteiger partial charge in [0.25, 0.3) is 0 Å². The largest absolute Gasteiger partial charge is 0.454 e. The Morgan fingerprint density at radius 1 is 1.26 bits per heavy atom. The number of benzene rings is 1. The van der Waals surface area contributed by atoms with Crippen LogP contribution in [-0.2, 0) is 0 Å². The highest BCUT2D eigenvalue weighted by Gasteiger charge is 2.07. The van der Waals surface area contributed by atoms with Crippen LogP contribution in [-0.4, -0.2) is 16.0 Å². The molecule has 0 amide bonds. The van der Waals surface area contributed by atoms with Crippen molar-refractivity contribution in [2.45, 2.75) is 0 Å². The van der Waals surface area contributed by atoms with Crippen LogP contribution < -0.4 is 10.5 Å². The van der Waals surface area contributed by atoms with E-state index in [9.17, 15) is 0 Å². The van der Waals surface area contributed by atoms with Crippen molar-refractivity contribution in [3.8, 4) is 11.5 Å². The van der Waals surface area contributed by atoms with Gasteiger partial charge in [0.2, 0.25) is 0 Å². The summed E-state index contributed by atoms with van der Waals surface area (Å²) in [5.41, 5.74) is 5.74. The smallest absolute Gasteiger partial charge is 0.188 e.